The number of furan rings is 1. The molecule has 0 fully saturated rings. The van der Waals surface area contributed by atoms with Crippen LogP contribution in [0.15, 0.2) is 46.0 Å². The average molecular weight is 395 g/mol. The molecule has 1 aliphatic heterocycles. The third-order valence-electron chi connectivity index (χ3n) is 3.87. The van der Waals surface area contributed by atoms with Crippen molar-refractivity contribution in [1.29, 1.82) is 0 Å². The lowest BCUT2D eigenvalue weighted by Crippen LogP contribution is -2.45. The van der Waals surface area contributed by atoms with Crippen LogP contribution in [0.1, 0.15) is 25.6 Å². The minimum absolute atomic E-state index is 0.220. The second-order valence-corrected chi connectivity index (χ2v) is 6.46. The Bertz CT molecular complexity index is 904. The average Bonchev–Trinajstić information content (AvgIpc) is 3.06. The van der Waals surface area contributed by atoms with Gasteiger partial charge >= 0.3 is 12.0 Å². The summed E-state index contributed by atoms with van der Waals surface area (Å²) in [6.07, 6.45) is 0. The third kappa shape index (κ3) is 3.57. The van der Waals surface area contributed by atoms with E-state index in [0.29, 0.717) is 32.8 Å². The second kappa shape index (κ2) is 7.43. The van der Waals surface area contributed by atoms with Crippen molar-refractivity contribution in [3.63, 3.8) is 0 Å². The van der Waals surface area contributed by atoms with E-state index in [1.54, 1.807) is 44.2 Å². The van der Waals surface area contributed by atoms with Crippen LogP contribution in [-0.2, 0) is 9.53 Å². The smallest absolute Gasteiger partial charge is 0.338 e. The maximum atomic E-state index is 12.3. The molecule has 2 N–H and O–H groups in total. The summed E-state index contributed by atoms with van der Waals surface area (Å²) in [4.78, 5) is 24.2. The molecule has 1 aliphatic rings. The van der Waals surface area contributed by atoms with Crippen LogP contribution in [0.5, 0.6) is 0 Å². The number of esters is 1. The Hall–Kier alpha value is -2.44. The van der Waals surface area contributed by atoms with Crippen LogP contribution in [0.4, 0.5) is 4.79 Å². The molecule has 0 spiro atoms. The Morgan fingerprint density at radius 2 is 2.04 bits per heavy atom. The molecule has 0 aliphatic carbocycles. The Kier molecular flexibility index (Phi) is 5.25. The lowest BCUT2D eigenvalue weighted by Gasteiger charge is -2.26. The number of carbonyl (C=O) groups is 2. The number of carbonyl (C=O) groups excluding carboxylic acids is 2. The quantitative estimate of drug-likeness (QED) is 0.750. The van der Waals surface area contributed by atoms with Crippen LogP contribution < -0.4 is 10.6 Å². The number of halogens is 2. The van der Waals surface area contributed by atoms with Crippen molar-refractivity contribution in [2.45, 2.75) is 19.9 Å². The monoisotopic (exact) mass is 394 g/mol. The van der Waals surface area contributed by atoms with E-state index >= 15 is 0 Å². The summed E-state index contributed by atoms with van der Waals surface area (Å²) in [5.41, 5.74) is 1.31. The molecule has 1 aromatic carbocycles. The molecule has 3 rings (SSSR count). The Morgan fingerprint density at radius 3 is 2.77 bits per heavy atom. The second-order valence-electron chi connectivity index (χ2n) is 5.62. The van der Waals surface area contributed by atoms with Crippen molar-refractivity contribution >= 4 is 35.2 Å². The van der Waals surface area contributed by atoms with Gasteiger partial charge in [0.15, 0.2) is 0 Å². The molecule has 1 aromatic heterocycles. The minimum atomic E-state index is -0.769. The number of rotatable bonds is 4. The first-order valence-electron chi connectivity index (χ1n) is 7.91. The van der Waals surface area contributed by atoms with Gasteiger partial charge < -0.3 is 19.8 Å². The van der Waals surface area contributed by atoms with Gasteiger partial charge in [-0.05, 0) is 44.2 Å². The van der Waals surface area contributed by atoms with Crippen molar-refractivity contribution in [2.75, 3.05) is 6.61 Å². The van der Waals surface area contributed by atoms with Crippen LogP contribution in [0.2, 0.25) is 10.0 Å². The van der Waals surface area contributed by atoms with Crippen LogP contribution in [0.3, 0.4) is 0 Å². The number of allylic oxidation sites excluding steroid dienone is 1. The number of hydrogen-bond acceptors (Lipinski definition) is 4. The van der Waals surface area contributed by atoms with E-state index in [0.717, 1.165) is 0 Å². The number of urea groups is 1. The standard InChI is InChI=1S/C18H16Cl2N2O4/c1-3-25-17(23)15-9(2)21-18(24)22-16(15)14-7-6-13(26-14)11-8-10(19)4-5-12(11)20/h4-8,16H,3H2,1-2H3,(H2,21,22,24)/t16-/m0/s1. The normalized spacial score (nSPS) is 16.9. The van der Waals surface area contributed by atoms with E-state index < -0.39 is 18.0 Å². The molecule has 26 heavy (non-hydrogen) atoms. The third-order valence-corrected chi connectivity index (χ3v) is 4.43. The van der Waals surface area contributed by atoms with Gasteiger partial charge in [-0.15, -0.1) is 0 Å². The molecule has 136 valence electrons. The molecule has 2 amide bonds. The van der Waals surface area contributed by atoms with E-state index in [-0.39, 0.29) is 12.2 Å². The van der Waals surface area contributed by atoms with E-state index in [4.69, 9.17) is 32.4 Å². The van der Waals surface area contributed by atoms with Gasteiger partial charge in [0.1, 0.15) is 17.6 Å². The fraction of sp³-hybridized carbons (Fsp3) is 0.222. The number of nitrogens with one attached hydrogen (secondary N) is 2. The first kappa shape index (κ1) is 18.4. The predicted molar refractivity (Wildman–Crippen MR) is 97.9 cm³/mol. The van der Waals surface area contributed by atoms with E-state index in [2.05, 4.69) is 10.6 Å². The largest absolute Gasteiger partial charge is 0.463 e. The molecule has 0 unspecified atom stereocenters. The van der Waals surface area contributed by atoms with Crippen molar-refractivity contribution in [3.8, 4) is 11.3 Å². The molecule has 0 saturated heterocycles. The highest BCUT2D eigenvalue weighted by molar-refractivity contribution is 6.35. The first-order valence-corrected chi connectivity index (χ1v) is 8.67. The maximum absolute atomic E-state index is 12.3. The van der Waals surface area contributed by atoms with Gasteiger partial charge in [0.25, 0.3) is 0 Å². The van der Waals surface area contributed by atoms with Gasteiger partial charge in [-0.2, -0.15) is 0 Å². The summed E-state index contributed by atoms with van der Waals surface area (Å²) in [6.45, 7) is 3.57. The first-order chi connectivity index (χ1) is 12.4. The molecular formula is C18H16Cl2N2O4. The highest BCUT2D eigenvalue weighted by Gasteiger charge is 2.34. The minimum Gasteiger partial charge on any atom is -0.463 e. The summed E-state index contributed by atoms with van der Waals surface area (Å²) in [7, 11) is 0. The topological polar surface area (TPSA) is 80.6 Å². The molecule has 2 aromatic rings. The Morgan fingerprint density at radius 1 is 1.27 bits per heavy atom. The van der Waals surface area contributed by atoms with Gasteiger partial charge in [0.2, 0.25) is 0 Å². The number of amides is 2. The summed E-state index contributed by atoms with van der Waals surface area (Å²) < 4.78 is 11.0. The lowest BCUT2D eigenvalue weighted by atomic mass is 10.0. The molecule has 8 heteroatoms. The summed E-state index contributed by atoms with van der Waals surface area (Å²) >= 11 is 12.2. The molecule has 6 nitrogen and oxygen atoms in total. The SMILES string of the molecule is CCOC(=O)C1=C(C)NC(=O)N[C@H]1c1ccc(-c2cc(Cl)ccc2Cl)o1. The van der Waals surface area contributed by atoms with E-state index in [1.165, 1.54) is 0 Å². The molecule has 0 saturated carbocycles. The predicted octanol–water partition coefficient (Wildman–Crippen LogP) is 4.44. The summed E-state index contributed by atoms with van der Waals surface area (Å²) in [6, 6.07) is 7.21. The summed E-state index contributed by atoms with van der Waals surface area (Å²) in [5.74, 6) is 0.329. The van der Waals surface area contributed by atoms with Crippen molar-refractivity contribution in [2.24, 2.45) is 0 Å². The Balaban J connectivity index is 2.01. The van der Waals surface area contributed by atoms with Gasteiger partial charge in [-0.25, -0.2) is 9.59 Å². The van der Waals surface area contributed by atoms with Crippen LogP contribution in [0, 0.1) is 0 Å². The molecular weight excluding hydrogens is 379 g/mol. The molecule has 2 heterocycles. The van der Waals surface area contributed by atoms with Gasteiger partial charge in [0.05, 0.1) is 17.2 Å². The maximum Gasteiger partial charge on any atom is 0.338 e. The van der Waals surface area contributed by atoms with Gasteiger partial charge in [-0.3, -0.25) is 0 Å². The highest BCUT2D eigenvalue weighted by atomic mass is 35.5. The molecule has 0 bridgehead atoms. The van der Waals surface area contributed by atoms with Crippen molar-refractivity contribution < 1.29 is 18.7 Å². The zero-order valence-corrected chi connectivity index (χ0v) is 15.6. The van der Waals surface area contributed by atoms with E-state index in [1.807, 2.05) is 0 Å². The number of ether oxygens (including phenoxy) is 1. The highest BCUT2D eigenvalue weighted by Crippen LogP contribution is 2.35. The lowest BCUT2D eigenvalue weighted by molar-refractivity contribution is -0.139. The molecule has 1 atom stereocenters. The van der Waals surface area contributed by atoms with Gasteiger partial charge in [-0.1, -0.05) is 23.2 Å². The van der Waals surface area contributed by atoms with Gasteiger partial charge in [0, 0.05) is 16.3 Å². The van der Waals surface area contributed by atoms with Crippen molar-refractivity contribution in [3.05, 3.63) is 57.4 Å². The number of hydrogen-bond donors (Lipinski definition) is 2. The summed E-state index contributed by atoms with van der Waals surface area (Å²) in [5, 5.41) is 6.24. The Labute approximate surface area is 160 Å². The number of benzene rings is 1. The van der Waals surface area contributed by atoms with Crippen LogP contribution >= 0.6 is 23.2 Å². The molecule has 0 radical (unpaired) electrons. The van der Waals surface area contributed by atoms with Crippen LogP contribution in [-0.4, -0.2) is 18.6 Å². The zero-order chi connectivity index (χ0) is 18.8. The fourth-order valence-electron chi connectivity index (χ4n) is 2.73. The fourth-order valence-corrected chi connectivity index (χ4v) is 3.11. The van der Waals surface area contributed by atoms with E-state index in [9.17, 15) is 9.59 Å². The van der Waals surface area contributed by atoms with Crippen molar-refractivity contribution in [1.82, 2.24) is 10.6 Å². The van der Waals surface area contributed by atoms with Crippen LogP contribution in [0.25, 0.3) is 11.3 Å². The zero-order valence-electron chi connectivity index (χ0n) is 14.1.